The standard InChI is InChI=1S/C13H9N5S/c14-5-9-11(7-1-3-8(16)4-2-7)10(6-15)13(19)18-12(9)17/h1-4H,16H2,(H3,17,18,19). The number of nitriles is 2. The first-order chi connectivity index (χ1) is 9.08. The molecule has 0 fully saturated rings. The van der Waals surface area contributed by atoms with Crippen molar-refractivity contribution in [2.75, 3.05) is 11.5 Å². The van der Waals surface area contributed by atoms with Crippen LogP contribution in [-0.4, -0.2) is 4.98 Å². The van der Waals surface area contributed by atoms with E-state index in [-0.39, 0.29) is 21.6 Å². The number of nitrogens with zero attached hydrogens (tertiary/aromatic N) is 2. The van der Waals surface area contributed by atoms with Gasteiger partial charge in [0.05, 0.1) is 5.56 Å². The molecule has 5 N–H and O–H groups in total. The van der Waals surface area contributed by atoms with Crippen LogP contribution in [0.15, 0.2) is 24.3 Å². The van der Waals surface area contributed by atoms with Gasteiger partial charge in [0.25, 0.3) is 0 Å². The number of aromatic amines is 1. The van der Waals surface area contributed by atoms with Crippen molar-refractivity contribution in [1.29, 1.82) is 10.5 Å². The van der Waals surface area contributed by atoms with Gasteiger partial charge in [-0.3, -0.25) is 0 Å². The molecule has 6 heteroatoms. The smallest absolute Gasteiger partial charge is 0.123 e. The summed E-state index contributed by atoms with van der Waals surface area (Å²) >= 11 is 5.07. The minimum atomic E-state index is 0.151. The SMILES string of the molecule is N#Cc1c(N)[nH]c(=S)c(C#N)c1-c1ccc(N)cc1. The molecule has 1 aromatic heterocycles. The second-order valence-electron chi connectivity index (χ2n) is 3.84. The highest BCUT2D eigenvalue weighted by atomic mass is 32.1. The van der Waals surface area contributed by atoms with E-state index in [1.165, 1.54) is 0 Å². The Hall–Kier alpha value is -2.83. The summed E-state index contributed by atoms with van der Waals surface area (Å²) in [4.78, 5) is 2.65. The lowest BCUT2D eigenvalue weighted by Crippen LogP contribution is -2.01. The van der Waals surface area contributed by atoms with Gasteiger partial charge in [0.15, 0.2) is 0 Å². The van der Waals surface area contributed by atoms with Gasteiger partial charge in [-0.05, 0) is 17.7 Å². The highest BCUT2D eigenvalue weighted by Gasteiger charge is 2.16. The molecule has 5 nitrogen and oxygen atoms in total. The van der Waals surface area contributed by atoms with Crippen molar-refractivity contribution >= 4 is 23.7 Å². The molecule has 0 atom stereocenters. The summed E-state index contributed by atoms with van der Waals surface area (Å²) in [6.45, 7) is 0. The highest BCUT2D eigenvalue weighted by molar-refractivity contribution is 7.71. The fraction of sp³-hybridized carbons (Fsp3) is 0. The van der Waals surface area contributed by atoms with E-state index in [1.54, 1.807) is 24.3 Å². The van der Waals surface area contributed by atoms with Gasteiger partial charge >= 0.3 is 0 Å². The lowest BCUT2D eigenvalue weighted by atomic mass is 9.97. The van der Waals surface area contributed by atoms with Crippen LogP contribution in [0.2, 0.25) is 0 Å². The molecule has 0 spiro atoms. The molecule has 92 valence electrons. The predicted molar refractivity (Wildman–Crippen MR) is 75.3 cm³/mol. The maximum atomic E-state index is 9.21. The number of rotatable bonds is 1. The summed E-state index contributed by atoms with van der Waals surface area (Å²) in [7, 11) is 0. The van der Waals surface area contributed by atoms with Crippen molar-refractivity contribution in [2.45, 2.75) is 0 Å². The number of nitrogens with two attached hydrogens (primary N) is 2. The van der Waals surface area contributed by atoms with E-state index in [0.717, 1.165) is 0 Å². The second kappa shape index (κ2) is 4.81. The maximum absolute atomic E-state index is 9.21. The van der Waals surface area contributed by atoms with Gasteiger partial charge in [0.2, 0.25) is 0 Å². The third kappa shape index (κ3) is 2.13. The van der Waals surface area contributed by atoms with Crippen LogP contribution in [0.1, 0.15) is 11.1 Å². The fourth-order valence-electron chi connectivity index (χ4n) is 1.78. The van der Waals surface area contributed by atoms with Crippen LogP contribution in [0.5, 0.6) is 0 Å². The summed E-state index contributed by atoms with van der Waals surface area (Å²) in [6.07, 6.45) is 0. The molecule has 19 heavy (non-hydrogen) atoms. The van der Waals surface area contributed by atoms with Gasteiger partial charge in [-0.25, -0.2) is 0 Å². The Kier molecular flexibility index (Phi) is 3.19. The van der Waals surface area contributed by atoms with Crippen LogP contribution < -0.4 is 11.5 Å². The average molecular weight is 267 g/mol. The summed E-state index contributed by atoms with van der Waals surface area (Å²) < 4.78 is 0.214. The van der Waals surface area contributed by atoms with Crippen LogP contribution in [0.3, 0.4) is 0 Å². The molecule has 0 aliphatic carbocycles. The first-order valence-corrected chi connectivity index (χ1v) is 5.71. The van der Waals surface area contributed by atoms with Crippen molar-refractivity contribution in [3.05, 3.63) is 40.0 Å². The Bertz CT molecular complexity index is 775. The van der Waals surface area contributed by atoms with Gasteiger partial charge in [-0.15, -0.1) is 0 Å². The summed E-state index contributed by atoms with van der Waals surface area (Å²) in [5, 5.41) is 18.4. The molecule has 0 unspecified atom stereocenters. The van der Waals surface area contributed by atoms with E-state index in [0.29, 0.717) is 16.8 Å². The number of anilines is 2. The molecule has 2 rings (SSSR count). The van der Waals surface area contributed by atoms with Crippen molar-refractivity contribution in [3.63, 3.8) is 0 Å². The first-order valence-electron chi connectivity index (χ1n) is 5.30. The normalized spacial score (nSPS) is 9.58. The molecule has 1 aromatic carbocycles. The van der Waals surface area contributed by atoms with Gasteiger partial charge in [-0.2, -0.15) is 10.5 Å². The van der Waals surface area contributed by atoms with Crippen LogP contribution in [-0.2, 0) is 0 Å². The molecule has 0 saturated carbocycles. The number of H-pyrrole nitrogens is 1. The molecule has 0 amide bonds. The third-order valence-corrected chi connectivity index (χ3v) is 2.97. The van der Waals surface area contributed by atoms with E-state index < -0.39 is 0 Å². The van der Waals surface area contributed by atoms with Gasteiger partial charge in [-0.1, -0.05) is 24.4 Å². The second-order valence-corrected chi connectivity index (χ2v) is 4.25. The number of pyridine rings is 1. The zero-order chi connectivity index (χ0) is 14.0. The van der Waals surface area contributed by atoms with E-state index in [4.69, 9.17) is 23.7 Å². The Labute approximate surface area is 114 Å². The minimum Gasteiger partial charge on any atom is -0.399 e. The number of hydrogen-bond donors (Lipinski definition) is 3. The Morgan fingerprint density at radius 3 is 2.11 bits per heavy atom. The van der Waals surface area contributed by atoms with Crippen molar-refractivity contribution < 1.29 is 0 Å². The summed E-state index contributed by atoms with van der Waals surface area (Å²) in [5.41, 5.74) is 13.5. The zero-order valence-electron chi connectivity index (χ0n) is 9.77. The number of aromatic nitrogens is 1. The van der Waals surface area contributed by atoms with Gasteiger partial charge in [0, 0.05) is 11.3 Å². The largest absolute Gasteiger partial charge is 0.399 e. The van der Waals surface area contributed by atoms with Crippen LogP contribution in [0.25, 0.3) is 11.1 Å². The Balaban J connectivity index is 2.89. The molecule has 0 radical (unpaired) electrons. The highest BCUT2D eigenvalue weighted by Crippen LogP contribution is 2.30. The molecule has 0 bridgehead atoms. The lowest BCUT2D eigenvalue weighted by molar-refractivity contribution is 1.26. The molecular weight excluding hydrogens is 258 g/mol. The van der Waals surface area contributed by atoms with E-state index in [2.05, 4.69) is 4.98 Å². The van der Waals surface area contributed by atoms with Crippen LogP contribution in [0.4, 0.5) is 11.5 Å². The fourth-order valence-corrected chi connectivity index (χ4v) is 2.04. The topological polar surface area (TPSA) is 115 Å². The average Bonchev–Trinajstić information content (AvgIpc) is 2.39. The summed E-state index contributed by atoms with van der Waals surface area (Å²) in [5.74, 6) is 0.151. The van der Waals surface area contributed by atoms with Crippen molar-refractivity contribution in [3.8, 4) is 23.3 Å². The molecule has 0 aliphatic heterocycles. The molecule has 1 heterocycles. The van der Waals surface area contributed by atoms with E-state index in [9.17, 15) is 10.5 Å². The zero-order valence-corrected chi connectivity index (χ0v) is 10.6. The minimum absolute atomic E-state index is 0.151. The Morgan fingerprint density at radius 1 is 1.00 bits per heavy atom. The molecule has 0 saturated heterocycles. The number of nitrogens with one attached hydrogen (secondary N) is 1. The van der Waals surface area contributed by atoms with Gasteiger partial charge in [0.1, 0.15) is 28.2 Å². The van der Waals surface area contributed by atoms with E-state index >= 15 is 0 Å². The van der Waals surface area contributed by atoms with Crippen LogP contribution in [0, 0.1) is 27.3 Å². The lowest BCUT2D eigenvalue weighted by Gasteiger charge is -2.09. The van der Waals surface area contributed by atoms with Crippen molar-refractivity contribution in [1.82, 2.24) is 4.98 Å². The van der Waals surface area contributed by atoms with E-state index in [1.807, 2.05) is 12.1 Å². The number of hydrogen-bond acceptors (Lipinski definition) is 5. The maximum Gasteiger partial charge on any atom is 0.123 e. The quantitative estimate of drug-likeness (QED) is 0.541. The van der Waals surface area contributed by atoms with Crippen LogP contribution >= 0.6 is 12.2 Å². The van der Waals surface area contributed by atoms with Gasteiger partial charge < -0.3 is 16.5 Å². The molecular formula is C13H9N5S. The number of benzene rings is 1. The molecule has 2 aromatic rings. The predicted octanol–water partition coefficient (Wildman–Crippen LogP) is 2.32. The van der Waals surface area contributed by atoms with Crippen molar-refractivity contribution in [2.24, 2.45) is 0 Å². The third-order valence-electron chi connectivity index (χ3n) is 2.67. The molecule has 0 aliphatic rings. The summed E-state index contributed by atoms with van der Waals surface area (Å²) in [6, 6.07) is 10.8. The monoisotopic (exact) mass is 267 g/mol. The number of nitrogen functional groups attached to an aromatic ring is 2. The first kappa shape index (κ1) is 12.6. The Morgan fingerprint density at radius 2 is 1.58 bits per heavy atom.